The van der Waals surface area contributed by atoms with E-state index in [0.29, 0.717) is 17.0 Å². The van der Waals surface area contributed by atoms with Crippen molar-refractivity contribution in [3.05, 3.63) is 72.6 Å². The number of benzene rings is 1. The maximum Gasteiger partial charge on any atom is 0.273 e. The molecule has 1 aromatic heterocycles. The minimum Gasteiger partial charge on any atom is -0.497 e. The Hall–Kier alpha value is -3.81. The van der Waals surface area contributed by atoms with E-state index in [9.17, 15) is 9.59 Å². The molecule has 190 valence electrons. The van der Waals surface area contributed by atoms with Gasteiger partial charge in [0.15, 0.2) is 0 Å². The lowest BCUT2D eigenvalue weighted by atomic mass is 9.91. The van der Waals surface area contributed by atoms with E-state index in [-0.39, 0.29) is 30.9 Å². The van der Waals surface area contributed by atoms with Crippen molar-refractivity contribution in [1.82, 2.24) is 20.0 Å². The van der Waals surface area contributed by atoms with Crippen molar-refractivity contribution in [2.75, 3.05) is 13.7 Å². The molecule has 2 heterocycles. The summed E-state index contributed by atoms with van der Waals surface area (Å²) in [4.78, 5) is 29.2. The third kappa shape index (κ3) is 5.08. The largest absolute Gasteiger partial charge is 0.497 e. The van der Waals surface area contributed by atoms with E-state index in [1.54, 1.807) is 41.0 Å². The summed E-state index contributed by atoms with van der Waals surface area (Å²) in [5, 5.41) is 7.94. The van der Waals surface area contributed by atoms with Crippen LogP contribution in [0.4, 0.5) is 0 Å². The highest BCUT2D eigenvalue weighted by molar-refractivity contribution is 6.00. The van der Waals surface area contributed by atoms with Gasteiger partial charge in [-0.3, -0.25) is 14.3 Å². The van der Waals surface area contributed by atoms with Gasteiger partial charge in [-0.2, -0.15) is 5.10 Å². The number of allylic oxidation sites excluding steroid dienone is 2. The topological polar surface area (TPSA) is 102 Å². The van der Waals surface area contributed by atoms with Gasteiger partial charge >= 0.3 is 0 Å². The molecule has 1 saturated carbocycles. The number of amides is 2. The molecule has 0 spiro atoms. The fourth-order valence-corrected chi connectivity index (χ4v) is 4.92. The summed E-state index contributed by atoms with van der Waals surface area (Å²) in [7, 11) is 1.62. The number of carbonyl (C=O) groups is 2. The van der Waals surface area contributed by atoms with Crippen molar-refractivity contribution >= 4 is 11.8 Å². The molecule has 36 heavy (non-hydrogen) atoms. The fourth-order valence-electron chi connectivity index (χ4n) is 4.92. The van der Waals surface area contributed by atoms with Crippen molar-refractivity contribution in [1.29, 1.82) is 0 Å². The molecule has 0 bridgehead atoms. The first-order valence-corrected chi connectivity index (χ1v) is 12.4. The molecule has 3 N–H and O–H groups in total. The molecule has 0 saturated heterocycles. The molecule has 0 radical (unpaired) electrons. The minimum atomic E-state index is -1.14. The van der Waals surface area contributed by atoms with Crippen LogP contribution in [0.2, 0.25) is 0 Å². The molecule has 8 heteroatoms. The SMILES string of the molecule is C=C/C=C\C(=C/N)CN1C(=O)c2cc(-c3ccc(OC)cc3)nn2CC1(C)C(=O)NC1CCCCC1. The van der Waals surface area contributed by atoms with Crippen LogP contribution in [0.5, 0.6) is 5.75 Å². The van der Waals surface area contributed by atoms with Gasteiger partial charge < -0.3 is 20.7 Å². The zero-order valence-electron chi connectivity index (χ0n) is 21.1. The van der Waals surface area contributed by atoms with E-state index < -0.39 is 5.54 Å². The summed E-state index contributed by atoms with van der Waals surface area (Å²) < 4.78 is 6.91. The van der Waals surface area contributed by atoms with Gasteiger partial charge in [-0.25, -0.2) is 0 Å². The lowest BCUT2D eigenvalue weighted by Gasteiger charge is -2.44. The maximum absolute atomic E-state index is 13.9. The van der Waals surface area contributed by atoms with Gasteiger partial charge in [-0.1, -0.05) is 44.1 Å². The normalized spacial score (nSPS) is 20.9. The number of fused-ring (bicyclic) bond motifs is 1. The molecule has 1 fully saturated rings. The Labute approximate surface area is 212 Å². The van der Waals surface area contributed by atoms with Gasteiger partial charge in [-0.15, -0.1) is 0 Å². The number of hydrogen-bond acceptors (Lipinski definition) is 5. The first-order chi connectivity index (χ1) is 17.4. The second-order valence-corrected chi connectivity index (χ2v) is 9.61. The third-order valence-electron chi connectivity index (χ3n) is 7.11. The molecule has 1 unspecified atom stereocenters. The lowest BCUT2D eigenvalue weighted by Crippen LogP contribution is -2.65. The number of rotatable bonds is 8. The highest BCUT2D eigenvalue weighted by Crippen LogP contribution is 2.32. The molecule has 1 atom stereocenters. The van der Waals surface area contributed by atoms with Gasteiger partial charge in [0.2, 0.25) is 5.91 Å². The van der Waals surface area contributed by atoms with Crippen molar-refractivity contribution in [2.45, 2.75) is 57.2 Å². The van der Waals surface area contributed by atoms with Crippen LogP contribution in [-0.4, -0.2) is 51.7 Å². The smallest absolute Gasteiger partial charge is 0.273 e. The highest BCUT2D eigenvalue weighted by Gasteiger charge is 2.48. The summed E-state index contributed by atoms with van der Waals surface area (Å²) >= 11 is 0. The number of aromatic nitrogens is 2. The number of nitrogens with two attached hydrogens (primary N) is 1. The molecule has 2 amide bonds. The Morgan fingerprint density at radius 2 is 2.00 bits per heavy atom. The molecule has 4 rings (SSSR count). The van der Waals surface area contributed by atoms with Gasteiger partial charge in [0, 0.05) is 18.2 Å². The molecule has 2 aliphatic rings. The van der Waals surface area contributed by atoms with E-state index in [0.717, 1.165) is 37.0 Å². The minimum absolute atomic E-state index is 0.124. The Balaban J connectivity index is 1.69. The van der Waals surface area contributed by atoms with Crippen LogP contribution in [0.15, 0.2) is 66.9 Å². The Morgan fingerprint density at radius 1 is 1.28 bits per heavy atom. The summed E-state index contributed by atoms with van der Waals surface area (Å²) in [6, 6.07) is 9.42. The molecule has 1 aliphatic carbocycles. The lowest BCUT2D eigenvalue weighted by molar-refractivity contribution is -0.133. The molecule has 2 aromatic rings. The number of hydrogen-bond donors (Lipinski definition) is 2. The number of nitrogens with zero attached hydrogens (tertiary/aromatic N) is 3. The molecular formula is C28H35N5O3. The predicted octanol–water partition coefficient (Wildman–Crippen LogP) is 3.81. The monoisotopic (exact) mass is 489 g/mol. The van der Waals surface area contributed by atoms with Crippen LogP contribution in [-0.2, 0) is 11.3 Å². The number of nitrogens with one attached hydrogen (secondary N) is 1. The Morgan fingerprint density at radius 3 is 2.64 bits per heavy atom. The van der Waals surface area contributed by atoms with Crippen molar-refractivity contribution in [2.24, 2.45) is 5.73 Å². The Kier molecular flexibility index (Phi) is 7.62. The average molecular weight is 490 g/mol. The van der Waals surface area contributed by atoms with Crippen LogP contribution in [0.1, 0.15) is 49.5 Å². The van der Waals surface area contributed by atoms with Crippen LogP contribution >= 0.6 is 0 Å². The summed E-state index contributed by atoms with van der Waals surface area (Å²) in [6.07, 6.45) is 12.0. The van der Waals surface area contributed by atoms with Gasteiger partial charge in [-0.05, 0) is 61.9 Å². The first kappa shape index (κ1) is 25.3. The van der Waals surface area contributed by atoms with E-state index in [1.165, 1.54) is 12.6 Å². The highest BCUT2D eigenvalue weighted by atomic mass is 16.5. The molecule has 1 aromatic carbocycles. The van der Waals surface area contributed by atoms with E-state index in [4.69, 9.17) is 15.6 Å². The van der Waals surface area contributed by atoms with Crippen LogP contribution in [0, 0.1) is 0 Å². The van der Waals surface area contributed by atoms with Gasteiger partial charge in [0.1, 0.15) is 17.0 Å². The number of methoxy groups -OCH3 is 1. The average Bonchev–Trinajstić information content (AvgIpc) is 3.32. The fraction of sp³-hybridized carbons (Fsp3) is 0.393. The van der Waals surface area contributed by atoms with Crippen molar-refractivity contribution in [3.8, 4) is 17.0 Å². The zero-order chi connectivity index (χ0) is 25.7. The third-order valence-corrected chi connectivity index (χ3v) is 7.11. The maximum atomic E-state index is 13.9. The van der Waals surface area contributed by atoms with Crippen LogP contribution < -0.4 is 15.8 Å². The van der Waals surface area contributed by atoms with Crippen LogP contribution in [0.25, 0.3) is 11.3 Å². The zero-order valence-corrected chi connectivity index (χ0v) is 21.1. The number of carbonyl (C=O) groups excluding carboxylic acids is 2. The summed E-state index contributed by atoms with van der Waals surface area (Å²) in [5.41, 5.74) is 7.41. The van der Waals surface area contributed by atoms with E-state index >= 15 is 0 Å². The molecule has 1 aliphatic heterocycles. The Bertz CT molecular complexity index is 1170. The summed E-state index contributed by atoms with van der Waals surface area (Å²) in [5.74, 6) is 0.311. The van der Waals surface area contributed by atoms with Crippen molar-refractivity contribution < 1.29 is 14.3 Å². The summed E-state index contributed by atoms with van der Waals surface area (Å²) in [6.45, 7) is 5.95. The second-order valence-electron chi connectivity index (χ2n) is 9.61. The standard InChI is InChI=1S/C28H35N5O3/c1-4-5-9-20(17-29)18-32-26(34)25-16-24(21-12-14-23(36-3)15-13-21)31-33(25)19-28(32,2)27(35)30-22-10-7-6-8-11-22/h4-5,9,12-17,22H,1,6-8,10-11,18-19,29H2,2-3H3,(H,30,35)/b9-5-,20-17+. The second kappa shape index (κ2) is 10.8. The first-order valence-electron chi connectivity index (χ1n) is 12.4. The molecular weight excluding hydrogens is 454 g/mol. The van der Waals surface area contributed by atoms with E-state index in [2.05, 4.69) is 11.9 Å². The molecule has 8 nitrogen and oxygen atoms in total. The quantitative estimate of drug-likeness (QED) is 0.549. The predicted molar refractivity (Wildman–Crippen MR) is 140 cm³/mol. The van der Waals surface area contributed by atoms with Gasteiger partial charge in [0.25, 0.3) is 5.91 Å². The number of ether oxygens (including phenoxy) is 1. The van der Waals surface area contributed by atoms with Gasteiger partial charge in [0.05, 0.1) is 19.3 Å². The van der Waals surface area contributed by atoms with Crippen molar-refractivity contribution in [3.63, 3.8) is 0 Å². The van der Waals surface area contributed by atoms with Crippen LogP contribution in [0.3, 0.4) is 0 Å². The van der Waals surface area contributed by atoms with E-state index in [1.807, 2.05) is 31.2 Å².